The summed E-state index contributed by atoms with van der Waals surface area (Å²) in [6.45, 7) is 8.28. The molecule has 1 unspecified atom stereocenters. The first-order chi connectivity index (χ1) is 18.5. The highest BCUT2D eigenvalue weighted by molar-refractivity contribution is 6.33. The first-order valence-corrected chi connectivity index (χ1v) is 13.6. The first-order valence-electron chi connectivity index (χ1n) is 13.3. The lowest BCUT2D eigenvalue weighted by atomic mass is 10.0. The minimum absolute atomic E-state index is 0.144. The smallest absolute Gasteiger partial charge is 0.318 e. The monoisotopic (exact) mass is 535 g/mol. The van der Waals surface area contributed by atoms with E-state index < -0.39 is 0 Å². The van der Waals surface area contributed by atoms with Crippen LogP contribution in [0.4, 0.5) is 11.5 Å². The van der Waals surface area contributed by atoms with Crippen molar-refractivity contribution in [3.8, 4) is 12.1 Å². The summed E-state index contributed by atoms with van der Waals surface area (Å²) in [4.78, 5) is 30.7. The third-order valence-electron chi connectivity index (χ3n) is 7.86. The molecule has 5 rings (SSSR count). The van der Waals surface area contributed by atoms with Gasteiger partial charge in [0.1, 0.15) is 12.4 Å². The van der Waals surface area contributed by atoms with Crippen molar-refractivity contribution in [3.63, 3.8) is 0 Å². The maximum Gasteiger partial charge on any atom is 0.318 e. The van der Waals surface area contributed by atoms with Gasteiger partial charge in [-0.1, -0.05) is 30.3 Å². The molecule has 1 aromatic carbocycles. The zero-order chi connectivity index (χ0) is 26.6. The Balaban J connectivity index is 1.45. The Morgan fingerprint density at radius 2 is 2.05 bits per heavy atom. The number of nitrogens with zero attached hydrogens (tertiary/aromatic N) is 7. The molecule has 2 atom stereocenters. The van der Waals surface area contributed by atoms with Gasteiger partial charge >= 0.3 is 6.01 Å². The Kier molecular flexibility index (Phi) is 8.01. The van der Waals surface area contributed by atoms with Gasteiger partial charge in [-0.25, -0.2) is 0 Å². The number of fused-ring (bicyclic) bond motifs is 1. The number of amides is 1. The maximum absolute atomic E-state index is 12.4. The second-order valence-electron chi connectivity index (χ2n) is 10.2. The molecular formula is C28H34ClN7O2. The number of likely N-dealkylation sites (N-methyl/N-ethyl adjacent to an activating group) is 1. The molecule has 0 radical (unpaired) electrons. The van der Waals surface area contributed by atoms with Crippen molar-refractivity contribution in [2.45, 2.75) is 44.3 Å². The second kappa shape index (κ2) is 11.6. The molecule has 1 aromatic heterocycles. The van der Waals surface area contributed by atoms with Crippen molar-refractivity contribution in [1.29, 1.82) is 5.26 Å². The predicted molar refractivity (Wildman–Crippen MR) is 148 cm³/mol. The number of benzene rings is 1. The zero-order valence-corrected chi connectivity index (χ0v) is 22.6. The Labute approximate surface area is 229 Å². The number of nitriles is 1. The van der Waals surface area contributed by atoms with Crippen LogP contribution < -0.4 is 14.5 Å². The molecule has 2 saturated heterocycles. The van der Waals surface area contributed by atoms with E-state index in [0.717, 1.165) is 48.7 Å². The number of para-hydroxylation sites is 1. The number of carbonyl (C=O) groups excluding carboxylic acids is 1. The Morgan fingerprint density at radius 1 is 1.21 bits per heavy atom. The van der Waals surface area contributed by atoms with Crippen LogP contribution in [0.25, 0.3) is 0 Å². The molecule has 3 aliphatic heterocycles. The molecular weight excluding hydrogens is 502 g/mol. The van der Waals surface area contributed by atoms with Crippen molar-refractivity contribution in [1.82, 2.24) is 19.8 Å². The third-order valence-corrected chi connectivity index (χ3v) is 8.18. The van der Waals surface area contributed by atoms with Crippen molar-refractivity contribution in [2.24, 2.45) is 0 Å². The lowest BCUT2D eigenvalue weighted by Crippen LogP contribution is -2.55. The average Bonchev–Trinajstić information content (AvgIpc) is 3.35. The molecule has 38 heavy (non-hydrogen) atoms. The number of aromatic nitrogens is 2. The molecule has 200 valence electrons. The fourth-order valence-corrected chi connectivity index (χ4v) is 5.98. The van der Waals surface area contributed by atoms with E-state index in [1.165, 1.54) is 12.5 Å². The summed E-state index contributed by atoms with van der Waals surface area (Å²) in [6.07, 6.45) is 4.60. The summed E-state index contributed by atoms with van der Waals surface area (Å²) in [7, 11) is 2.13. The molecule has 0 saturated carbocycles. The second-order valence-corrected chi connectivity index (χ2v) is 10.6. The van der Waals surface area contributed by atoms with Crippen LogP contribution in [-0.4, -0.2) is 84.1 Å². The summed E-state index contributed by atoms with van der Waals surface area (Å²) in [5.74, 6) is 0.701. The fourth-order valence-electron chi connectivity index (χ4n) is 5.72. The van der Waals surface area contributed by atoms with Gasteiger partial charge in [0.25, 0.3) is 0 Å². The van der Waals surface area contributed by atoms with Crippen LogP contribution in [0, 0.1) is 11.3 Å². The average molecular weight is 536 g/mol. The molecule has 0 spiro atoms. The van der Waals surface area contributed by atoms with Gasteiger partial charge in [0.2, 0.25) is 5.91 Å². The van der Waals surface area contributed by atoms with E-state index in [1.807, 2.05) is 24.3 Å². The predicted octanol–water partition coefficient (Wildman–Crippen LogP) is 3.28. The molecule has 3 aliphatic rings. The van der Waals surface area contributed by atoms with Gasteiger partial charge in [0.05, 0.1) is 41.5 Å². The van der Waals surface area contributed by atoms with Gasteiger partial charge in [0.15, 0.2) is 0 Å². The van der Waals surface area contributed by atoms with Gasteiger partial charge in [-0.05, 0) is 51.1 Å². The molecule has 0 N–H and O–H groups in total. The molecule has 2 aromatic rings. The molecule has 1 amide bonds. The van der Waals surface area contributed by atoms with Gasteiger partial charge in [-0.3, -0.25) is 4.79 Å². The standard InChI is InChI=1S/C28H34ClN7O2/c1-3-26(37)36-16-15-35(17-20(36)10-12-30)27-22-11-14-34(25-9-5-4-8-23(25)29)18-24(22)31-28(32-27)38-19-21-7-6-13-33(21)2/h3-5,8-9,20-21H,1,6-7,10-11,13-19H2,2H3/t20?,21-/m0/s1. The van der Waals surface area contributed by atoms with E-state index in [1.54, 1.807) is 4.90 Å². The fraction of sp³-hybridized carbons (Fsp3) is 0.500. The van der Waals surface area contributed by atoms with E-state index in [2.05, 4.69) is 34.4 Å². The topological polar surface area (TPSA) is 88.8 Å². The van der Waals surface area contributed by atoms with E-state index in [-0.39, 0.29) is 18.4 Å². The number of rotatable bonds is 7. The zero-order valence-electron chi connectivity index (χ0n) is 21.9. The molecule has 9 nitrogen and oxygen atoms in total. The highest BCUT2D eigenvalue weighted by atomic mass is 35.5. The van der Waals surface area contributed by atoms with Crippen LogP contribution in [0.3, 0.4) is 0 Å². The summed E-state index contributed by atoms with van der Waals surface area (Å²) in [6, 6.07) is 10.6. The number of hydrogen-bond acceptors (Lipinski definition) is 8. The quantitative estimate of drug-likeness (QED) is 0.499. The van der Waals surface area contributed by atoms with Crippen LogP contribution in [-0.2, 0) is 17.8 Å². The number of likely N-dealkylation sites (tertiary alicyclic amines) is 1. The molecule has 2 fully saturated rings. The number of anilines is 2. The first kappa shape index (κ1) is 26.3. The van der Waals surface area contributed by atoms with Crippen LogP contribution in [0.5, 0.6) is 6.01 Å². The van der Waals surface area contributed by atoms with Gasteiger partial charge in [-0.2, -0.15) is 15.2 Å². The van der Waals surface area contributed by atoms with E-state index in [0.29, 0.717) is 49.9 Å². The number of hydrogen-bond donors (Lipinski definition) is 0. The number of carbonyl (C=O) groups is 1. The highest BCUT2D eigenvalue weighted by Gasteiger charge is 2.33. The SMILES string of the molecule is C=CC(=O)N1CCN(c2nc(OC[C@@H]3CCCN3C)nc3c2CCN(c2ccccc2Cl)C3)CC1CC#N. The van der Waals surface area contributed by atoms with Crippen molar-refractivity contribution < 1.29 is 9.53 Å². The van der Waals surface area contributed by atoms with Crippen molar-refractivity contribution >= 4 is 29.0 Å². The van der Waals surface area contributed by atoms with Gasteiger partial charge in [-0.15, -0.1) is 0 Å². The minimum Gasteiger partial charge on any atom is -0.462 e. The number of ether oxygens (including phenoxy) is 1. The minimum atomic E-state index is -0.232. The Bertz CT molecular complexity index is 1230. The lowest BCUT2D eigenvalue weighted by Gasteiger charge is -2.42. The Hall–Kier alpha value is -3.35. The van der Waals surface area contributed by atoms with E-state index in [4.69, 9.17) is 26.3 Å². The van der Waals surface area contributed by atoms with Crippen LogP contribution in [0.1, 0.15) is 30.5 Å². The largest absolute Gasteiger partial charge is 0.462 e. The maximum atomic E-state index is 12.4. The molecule has 10 heteroatoms. The van der Waals surface area contributed by atoms with E-state index >= 15 is 0 Å². The molecule has 0 bridgehead atoms. The summed E-state index contributed by atoms with van der Waals surface area (Å²) in [5, 5.41) is 10.2. The summed E-state index contributed by atoms with van der Waals surface area (Å²) in [5.41, 5.74) is 3.01. The van der Waals surface area contributed by atoms with Crippen LogP contribution >= 0.6 is 11.6 Å². The normalized spacial score (nSPS) is 21.7. The third kappa shape index (κ3) is 5.42. The van der Waals surface area contributed by atoms with E-state index in [9.17, 15) is 10.1 Å². The van der Waals surface area contributed by atoms with Gasteiger partial charge in [0, 0.05) is 37.8 Å². The van der Waals surface area contributed by atoms with Crippen LogP contribution in [0.2, 0.25) is 5.02 Å². The Morgan fingerprint density at radius 3 is 2.79 bits per heavy atom. The summed E-state index contributed by atoms with van der Waals surface area (Å²) < 4.78 is 6.21. The number of piperazine rings is 1. The summed E-state index contributed by atoms with van der Waals surface area (Å²) >= 11 is 6.52. The number of halogens is 1. The highest BCUT2D eigenvalue weighted by Crippen LogP contribution is 2.34. The van der Waals surface area contributed by atoms with Crippen LogP contribution in [0.15, 0.2) is 36.9 Å². The lowest BCUT2D eigenvalue weighted by molar-refractivity contribution is -0.128. The van der Waals surface area contributed by atoms with Crippen molar-refractivity contribution in [3.05, 3.63) is 53.2 Å². The molecule has 4 heterocycles. The van der Waals surface area contributed by atoms with Gasteiger partial charge < -0.3 is 24.3 Å². The van der Waals surface area contributed by atoms with Crippen molar-refractivity contribution in [2.75, 3.05) is 56.2 Å². The molecule has 0 aliphatic carbocycles.